The van der Waals surface area contributed by atoms with Crippen LogP contribution >= 0.6 is 0 Å². The van der Waals surface area contributed by atoms with Crippen molar-refractivity contribution in [3.63, 3.8) is 0 Å². The molecular weight excluding hydrogens is 158 g/mol. The van der Waals surface area contributed by atoms with Gasteiger partial charge in [-0.3, -0.25) is 0 Å². The first-order chi connectivity index (χ1) is 1.73. The predicted molar refractivity (Wildman–Crippen MR) is 0.686 cm³/mol. The van der Waals surface area contributed by atoms with Gasteiger partial charge in [-0.1, -0.05) is 0 Å². The van der Waals surface area contributed by atoms with E-state index in [-0.39, 0.29) is 80.9 Å². The quantitative estimate of drug-likeness (QED) is 0.329. The average Bonchev–Trinajstić information content (AvgIpc) is 0.811. The Morgan fingerprint density at radius 3 is 1.33 bits per heavy atom. The summed E-state index contributed by atoms with van der Waals surface area (Å²) >= 11 is -4.08. The van der Waals surface area contributed by atoms with Crippen molar-refractivity contribution in [1.29, 1.82) is 0 Å². The molecule has 6 heavy (non-hydrogen) atoms. The van der Waals surface area contributed by atoms with Crippen LogP contribution in [0, 0.1) is 0 Å². The molecule has 3 nitrogen and oxygen atoms in total. The summed E-state index contributed by atoms with van der Waals surface area (Å²) in [5, 5.41) is 0. The van der Waals surface area contributed by atoms with E-state index in [9.17, 15) is 0 Å². The van der Waals surface area contributed by atoms with Crippen LogP contribution in [0.4, 0.5) is 0 Å². The molecule has 6 heteroatoms. The third-order valence-electron chi connectivity index (χ3n) is 0. The molecule has 0 aromatic carbocycles. The Morgan fingerprint density at radius 1 is 1.33 bits per heavy atom. The topological polar surface area (TPSA) is 63.2 Å². The van der Waals surface area contributed by atoms with Crippen LogP contribution in [0.2, 0.25) is 0 Å². The van der Waals surface area contributed by atoms with Gasteiger partial charge in [0.1, 0.15) is 0 Å². The van der Waals surface area contributed by atoms with Gasteiger partial charge < -0.3 is 0 Å². The molecule has 0 fully saturated rings. The molecule has 0 saturated carbocycles. The van der Waals surface area contributed by atoms with Gasteiger partial charge in [0.15, 0.2) is 0 Å². The maximum atomic E-state index is 8.58. The second-order valence-corrected chi connectivity index (χ2v) is 1.03. The molecule has 0 amide bonds. The molecule has 0 radical (unpaired) electrons. The maximum absolute atomic E-state index is 8.58. The molecule has 0 aliphatic heterocycles. The summed E-state index contributed by atoms with van der Waals surface area (Å²) in [5.41, 5.74) is 0. The number of hydrogen-bond acceptors (Lipinski definition) is 3. The zero-order valence-electron chi connectivity index (χ0n) is 3.72. The van der Waals surface area contributed by atoms with Crippen molar-refractivity contribution in [2.24, 2.45) is 0 Å². The Balaban J connectivity index is -0.0000000450. The van der Waals surface area contributed by atoms with Crippen molar-refractivity contribution in [2.75, 3.05) is 0 Å². The van der Waals surface area contributed by atoms with Crippen molar-refractivity contribution in [3.8, 4) is 0 Å². The van der Waals surface area contributed by atoms with Gasteiger partial charge in [-0.15, -0.1) is 0 Å². The van der Waals surface area contributed by atoms with Gasteiger partial charge in [0.05, 0.1) is 0 Å². The molecule has 24 valence electrons. The van der Waals surface area contributed by atoms with Gasteiger partial charge >= 0.3 is 110 Å². The Labute approximate surface area is 107 Å². The van der Waals surface area contributed by atoms with E-state index >= 15 is 0 Å². The van der Waals surface area contributed by atoms with Crippen molar-refractivity contribution in [1.82, 2.24) is 0 Å². The normalized spacial score (nSPS) is 4.33. The summed E-state index contributed by atoms with van der Waals surface area (Å²) in [7, 11) is 0. The Bertz CT molecular complexity index is 33.8. The van der Waals surface area contributed by atoms with Crippen molar-refractivity contribution in [3.05, 3.63) is 0 Å². The van der Waals surface area contributed by atoms with Gasteiger partial charge in [-0.25, -0.2) is 0 Å². The van der Waals surface area contributed by atoms with E-state index in [4.69, 9.17) is 10.7 Å². The molecule has 0 unspecified atom stereocenters. The SMILES string of the molecule is [K+].[Na+].[O]=[Ti]([O-])[O-]. The first-order valence-electron chi connectivity index (χ1n) is 0.612. The van der Waals surface area contributed by atoms with E-state index in [0.29, 0.717) is 0 Å². The molecule has 0 aromatic heterocycles. The molecule has 0 spiro atoms. The van der Waals surface area contributed by atoms with Crippen LogP contribution in [0.3, 0.4) is 0 Å². The third kappa shape index (κ3) is 27.6. The van der Waals surface area contributed by atoms with Gasteiger partial charge in [0, 0.05) is 0 Å². The molecule has 0 N–H and O–H groups in total. The zero-order valence-corrected chi connectivity index (χ0v) is 10.4. The van der Waals surface area contributed by atoms with Crippen LogP contribution in [-0.2, 0) is 21.9 Å². The number of rotatable bonds is 0. The molecule has 0 aliphatic rings. The molecule has 0 saturated heterocycles. The van der Waals surface area contributed by atoms with E-state index in [1.54, 1.807) is 0 Å². The number of hydrogen-bond donors (Lipinski definition) is 0. The van der Waals surface area contributed by atoms with Crippen LogP contribution in [0.1, 0.15) is 0 Å². The van der Waals surface area contributed by atoms with Crippen molar-refractivity contribution >= 4 is 0 Å². The summed E-state index contributed by atoms with van der Waals surface area (Å²) in [6.45, 7) is 0. The molecule has 0 atom stereocenters. The molecule has 0 aliphatic carbocycles. The van der Waals surface area contributed by atoms with Gasteiger partial charge in [-0.05, 0) is 0 Å². The van der Waals surface area contributed by atoms with E-state index in [0.717, 1.165) is 0 Å². The van der Waals surface area contributed by atoms with Crippen molar-refractivity contribution in [2.45, 2.75) is 0 Å². The van der Waals surface area contributed by atoms with Crippen molar-refractivity contribution < 1.29 is 110 Å². The third-order valence-corrected chi connectivity index (χ3v) is 0. The first-order valence-corrected chi connectivity index (χ1v) is 2.52. The standard InChI is InChI=1S/K.Na.3O.Ti/q2*+1;;2*-1;. The summed E-state index contributed by atoms with van der Waals surface area (Å²) < 4.78 is 25.8. The van der Waals surface area contributed by atoms with E-state index in [2.05, 4.69) is 0 Å². The van der Waals surface area contributed by atoms with Crippen LogP contribution in [0.5, 0.6) is 0 Å². The molecule has 0 bridgehead atoms. The van der Waals surface area contributed by atoms with E-state index in [1.807, 2.05) is 0 Å². The van der Waals surface area contributed by atoms with E-state index in [1.165, 1.54) is 0 Å². The molecule has 0 aromatic rings. The fraction of sp³-hybridized carbons (Fsp3) is 0. The van der Waals surface area contributed by atoms with Crippen LogP contribution < -0.4 is 88.3 Å². The molecule has 0 heterocycles. The summed E-state index contributed by atoms with van der Waals surface area (Å²) in [6.07, 6.45) is 0. The van der Waals surface area contributed by atoms with Crippen LogP contribution in [-0.4, -0.2) is 0 Å². The minimum atomic E-state index is -4.08. The average molecular weight is 158 g/mol. The summed E-state index contributed by atoms with van der Waals surface area (Å²) in [6, 6.07) is 0. The molecular formula is KNaO3Ti. The minimum absolute atomic E-state index is 0. The summed E-state index contributed by atoms with van der Waals surface area (Å²) in [4.78, 5) is 0. The second-order valence-electron chi connectivity index (χ2n) is 0.250. The van der Waals surface area contributed by atoms with Gasteiger partial charge in [-0.2, -0.15) is 0 Å². The second kappa shape index (κ2) is 10.9. The molecule has 0 rings (SSSR count). The van der Waals surface area contributed by atoms with Crippen LogP contribution in [0.25, 0.3) is 0 Å². The fourth-order valence-corrected chi connectivity index (χ4v) is 0. The Kier molecular flexibility index (Phi) is 29.3. The Hall–Kier alpha value is 3.07. The predicted octanol–water partition coefficient (Wildman–Crippen LogP) is -8.49. The van der Waals surface area contributed by atoms with Gasteiger partial charge in [0.25, 0.3) is 0 Å². The zero-order chi connectivity index (χ0) is 3.58. The van der Waals surface area contributed by atoms with E-state index < -0.39 is 18.6 Å². The van der Waals surface area contributed by atoms with Gasteiger partial charge in [0.2, 0.25) is 0 Å². The summed E-state index contributed by atoms with van der Waals surface area (Å²) in [5.74, 6) is 0. The fourth-order valence-electron chi connectivity index (χ4n) is 0. The van der Waals surface area contributed by atoms with Crippen LogP contribution in [0.15, 0.2) is 0 Å². The Morgan fingerprint density at radius 2 is 1.33 bits per heavy atom. The first kappa shape index (κ1) is 16.0. The monoisotopic (exact) mass is 158 g/mol.